The Morgan fingerprint density at radius 3 is 2.76 bits per heavy atom. The van der Waals surface area contributed by atoms with E-state index in [0.29, 0.717) is 5.92 Å². The van der Waals surface area contributed by atoms with Gasteiger partial charge in [-0.2, -0.15) is 4.37 Å². The molecule has 0 spiro atoms. The molecule has 2 aliphatic rings. The van der Waals surface area contributed by atoms with Crippen LogP contribution in [-0.4, -0.2) is 54.2 Å². The molecule has 0 radical (unpaired) electrons. The van der Waals surface area contributed by atoms with E-state index in [1.165, 1.54) is 16.5 Å². The minimum atomic E-state index is -0.644. The van der Waals surface area contributed by atoms with Gasteiger partial charge in [-0.3, -0.25) is 4.90 Å². The molecule has 7 heteroatoms. The van der Waals surface area contributed by atoms with Crippen LogP contribution in [0, 0.1) is 5.92 Å². The van der Waals surface area contributed by atoms with Crippen LogP contribution in [-0.2, 0) is 4.74 Å². The van der Waals surface area contributed by atoms with Gasteiger partial charge in [-0.05, 0) is 55.4 Å². The number of carbonyl (C=O) groups is 1. The van der Waals surface area contributed by atoms with Gasteiger partial charge in [0.05, 0.1) is 4.70 Å². The Balaban J connectivity index is 1.22. The molecule has 1 aliphatic carbocycles. The van der Waals surface area contributed by atoms with Crippen LogP contribution in [0.15, 0.2) is 24.3 Å². The summed E-state index contributed by atoms with van der Waals surface area (Å²) in [5.74, 6) is 1.82. The minimum absolute atomic E-state index is 0.0530. The summed E-state index contributed by atoms with van der Waals surface area (Å²) >= 11 is 1.59. The van der Waals surface area contributed by atoms with Crippen LogP contribution < -0.4 is 10.6 Å². The molecule has 0 unspecified atom stereocenters. The van der Waals surface area contributed by atoms with Crippen LogP contribution in [0.2, 0.25) is 0 Å². The predicted molar refractivity (Wildman–Crippen MR) is 100 cm³/mol. The van der Waals surface area contributed by atoms with Gasteiger partial charge in [-0.15, -0.1) is 0 Å². The summed E-state index contributed by atoms with van der Waals surface area (Å²) in [6, 6.07) is 8.47. The maximum atomic E-state index is 10.7. The van der Waals surface area contributed by atoms with Crippen LogP contribution in [0.4, 0.5) is 10.6 Å². The van der Waals surface area contributed by atoms with Crippen LogP contribution in [0.3, 0.4) is 0 Å². The molecule has 1 aromatic heterocycles. The number of benzene rings is 1. The van der Waals surface area contributed by atoms with E-state index in [1.807, 2.05) is 0 Å². The van der Waals surface area contributed by atoms with Gasteiger partial charge < -0.3 is 15.4 Å². The highest BCUT2D eigenvalue weighted by Crippen LogP contribution is 2.33. The lowest BCUT2D eigenvalue weighted by molar-refractivity contribution is 0.0160. The number of carbonyl (C=O) groups excluding carboxylic acids is 1. The minimum Gasteiger partial charge on any atom is -0.446 e. The Bertz CT molecular complexity index is 736. The smallest absolute Gasteiger partial charge is 0.404 e. The fraction of sp³-hybridized carbons (Fsp3) is 0.556. The third kappa shape index (κ3) is 3.72. The van der Waals surface area contributed by atoms with Crippen molar-refractivity contribution in [2.75, 3.05) is 37.6 Å². The third-order valence-electron chi connectivity index (χ3n) is 5.36. The molecule has 6 nitrogen and oxygen atoms in total. The van der Waals surface area contributed by atoms with Crippen molar-refractivity contribution in [3.8, 4) is 0 Å². The lowest BCUT2D eigenvalue weighted by Crippen LogP contribution is -2.47. The van der Waals surface area contributed by atoms with E-state index in [0.717, 1.165) is 51.4 Å². The van der Waals surface area contributed by atoms with Crippen molar-refractivity contribution in [1.82, 2.24) is 9.27 Å². The molecule has 134 valence electrons. The second-order valence-corrected chi connectivity index (χ2v) is 7.82. The van der Waals surface area contributed by atoms with Gasteiger partial charge >= 0.3 is 6.09 Å². The van der Waals surface area contributed by atoms with Gasteiger partial charge in [0.25, 0.3) is 0 Å². The molecular weight excluding hydrogens is 336 g/mol. The van der Waals surface area contributed by atoms with Crippen molar-refractivity contribution in [2.24, 2.45) is 11.7 Å². The average molecular weight is 360 g/mol. The van der Waals surface area contributed by atoms with E-state index in [9.17, 15) is 4.79 Å². The standard InChI is InChI=1S/C18H24N4O2S/c19-18(23)24-14-11-13(12-14)5-6-21-7-9-22(10-8-21)17-15-3-1-2-4-16(15)25-20-17/h1-4,13-14H,5-12H2,(H2,19,23). The molecule has 2 N–H and O–H groups in total. The summed E-state index contributed by atoms with van der Waals surface area (Å²) in [5.41, 5.74) is 5.05. The maximum absolute atomic E-state index is 10.7. The van der Waals surface area contributed by atoms with E-state index in [4.69, 9.17) is 10.5 Å². The number of fused-ring (bicyclic) bond motifs is 1. The highest BCUT2D eigenvalue weighted by Gasteiger charge is 2.32. The fourth-order valence-corrected chi connectivity index (χ4v) is 4.62. The first kappa shape index (κ1) is 16.6. The Morgan fingerprint density at radius 1 is 1.24 bits per heavy atom. The van der Waals surface area contributed by atoms with E-state index in [2.05, 4.69) is 38.4 Å². The van der Waals surface area contributed by atoms with Crippen LogP contribution >= 0.6 is 11.5 Å². The van der Waals surface area contributed by atoms with E-state index >= 15 is 0 Å². The second-order valence-electron chi connectivity index (χ2n) is 7.02. The number of amides is 1. The first-order chi connectivity index (χ1) is 12.2. The molecule has 25 heavy (non-hydrogen) atoms. The zero-order valence-corrected chi connectivity index (χ0v) is 15.1. The maximum Gasteiger partial charge on any atom is 0.404 e. The molecule has 2 aromatic rings. The number of hydrogen-bond donors (Lipinski definition) is 1. The summed E-state index contributed by atoms with van der Waals surface area (Å²) in [5, 5.41) is 1.27. The molecule has 2 fully saturated rings. The van der Waals surface area contributed by atoms with E-state index < -0.39 is 6.09 Å². The summed E-state index contributed by atoms with van der Waals surface area (Å²) < 4.78 is 10.9. The van der Waals surface area contributed by atoms with Gasteiger partial charge in [0.15, 0.2) is 0 Å². The van der Waals surface area contributed by atoms with Crippen molar-refractivity contribution in [1.29, 1.82) is 0 Å². The lowest BCUT2D eigenvalue weighted by atomic mass is 9.80. The fourth-order valence-electron chi connectivity index (χ4n) is 3.82. The van der Waals surface area contributed by atoms with Crippen molar-refractivity contribution in [3.05, 3.63) is 24.3 Å². The highest BCUT2D eigenvalue weighted by atomic mass is 32.1. The van der Waals surface area contributed by atoms with Gasteiger partial charge in [0.2, 0.25) is 0 Å². The highest BCUT2D eigenvalue weighted by molar-refractivity contribution is 7.13. The Hall–Kier alpha value is -1.86. The van der Waals surface area contributed by atoms with Crippen LogP contribution in [0.5, 0.6) is 0 Å². The number of rotatable bonds is 5. The number of hydrogen-bond acceptors (Lipinski definition) is 6. The molecule has 4 rings (SSSR count). The molecule has 1 aliphatic heterocycles. The number of ether oxygens (including phenoxy) is 1. The van der Waals surface area contributed by atoms with E-state index in [-0.39, 0.29) is 6.10 Å². The Kier molecular flexibility index (Phi) is 4.76. The average Bonchev–Trinajstić information content (AvgIpc) is 3.01. The van der Waals surface area contributed by atoms with Gasteiger partial charge in [0, 0.05) is 31.6 Å². The first-order valence-electron chi connectivity index (χ1n) is 8.97. The second kappa shape index (κ2) is 7.17. The molecule has 0 bridgehead atoms. The number of piperazine rings is 1. The lowest BCUT2D eigenvalue weighted by Gasteiger charge is -2.38. The van der Waals surface area contributed by atoms with Gasteiger partial charge in [0.1, 0.15) is 11.9 Å². The Morgan fingerprint density at radius 2 is 2.00 bits per heavy atom. The predicted octanol–water partition coefficient (Wildman–Crippen LogP) is 2.68. The number of aromatic nitrogens is 1. The quantitative estimate of drug-likeness (QED) is 0.888. The summed E-state index contributed by atoms with van der Waals surface area (Å²) in [6.45, 7) is 5.36. The zero-order valence-electron chi connectivity index (χ0n) is 14.3. The summed E-state index contributed by atoms with van der Waals surface area (Å²) in [7, 11) is 0. The molecule has 2 heterocycles. The number of anilines is 1. The molecule has 1 saturated heterocycles. The van der Waals surface area contributed by atoms with Crippen molar-refractivity contribution >= 4 is 33.5 Å². The zero-order chi connectivity index (χ0) is 17.2. The van der Waals surface area contributed by atoms with Crippen LogP contribution in [0.1, 0.15) is 19.3 Å². The molecule has 0 atom stereocenters. The SMILES string of the molecule is NC(=O)OC1CC(CCN2CCN(c3nsc4ccccc34)CC2)C1. The molecule has 1 amide bonds. The van der Waals surface area contributed by atoms with Crippen LogP contribution in [0.25, 0.3) is 10.1 Å². The van der Waals surface area contributed by atoms with Gasteiger partial charge in [-0.25, -0.2) is 4.79 Å². The number of nitrogens with zero attached hydrogens (tertiary/aromatic N) is 3. The monoisotopic (exact) mass is 360 g/mol. The van der Waals surface area contributed by atoms with Gasteiger partial charge in [-0.1, -0.05) is 12.1 Å². The van der Waals surface area contributed by atoms with Crippen molar-refractivity contribution in [2.45, 2.75) is 25.4 Å². The molecular formula is C18H24N4O2S. The third-order valence-corrected chi connectivity index (χ3v) is 6.18. The summed E-state index contributed by atoms with van der Waals surface area (Å²) in [6.07, 6.45) is 2.52. The number of primary amides is 1. The first-order valence-corrected chi connectivity index (χ1v) is 9.74. The van der Waals surface area contributed by atoms with Crippen molar-refractivity contribution in [3.63, 3.8) is 0 Å². The Labute approximate surface area is 151 Å². The molecule has 1 saturated carbocycles. The normalized spacial score (nSPS) is 24.2. The molecule has 1 aromatic carbocycles. The van der Waals surface area contributed by atoms with E-state index in [1.54, 1.807) is 11.5 Å². The van der Waals surface area contributed by atoms with Crippen molar-refractivity contribution < 1.29 is 9.53 Å². The largest absolute Gasteiger partial charge is 0.446 e. The topological polar surface area (TPSA) is 71.7 Å². The number of nitrogens with two attached hydrogens (primary N) is 1. The summed E-state index contributed by atoms with van der Waals surface area (Å²) in [4.78, 5) is 15.7.